The van der Waals surface area contributed by atoms with Gasteiger partial charge in [0.2, 0.25) is 0 Å². The summed E-state index contributed by atoms with van der Waals surface area (Å²) in [5.41, 5.74) is -1.94. The highest BCUT2D eigenvalue weighted by molar-refractivity contribution is 6.61. The standard InChI is InChI=1S/C14H19BN4O2/c1-10-8-17-12(9-16-10)19-7-6-11(18-19)15-20-13(2,3)14(4,5)21-15/h6-9H,1-5H3/i1D3,6D,7D,8D,9D. The van der Waals surface area contributed by atoms with Gasteiger partial charge in [0.1, 0.15) is 0 Å². The van der Waals surface area contributed by atoms with E-state index >= 15 is 0 Å². The van der Waals surface area contributed by atoms with Gasteiger partial charge in [-0.05, 0) is 40.6 Å². The SMILES string of the molecule is [2H]c1nc(C([2H])([2H])[2H])c([2H])nc1-n1nc(B2OC(C)(C)C(C)(C)O2)c([2H])c1[2H]. The average Bonchev–Trinajstić information content (AvgIpc) is 2.94. The Morgan fingerprint density at radius 1 is 1.19 bits per heavy atom. The molecule has 0 atom stereocenters. The van der Waals surface area contributed by atoms with Gasteiger partial charge in [0.05, 0.1) is 40.3 Å². The molecule has 0 bridgehead atoms. The van der Waals surface area contributed by atoms with E-state index in [1.54, 1.807) is 0 Å². The quantitative estimate of drug-likeness (QED) is 0.780. The Morgan fingerprint density at radius 2 is 1.90 bits per heavy atom. The molecule has 0 unspecified atom stereocenters. The zero-order chi connectivity index (χ0) is 21.2. The molecule has 1 saturated heterocycles. The van der Waals surface area contributed by atoms with Crippen molar-refractivity contribution in [1.82, 2.24) is 19.7 Å². The topological polar surface area (TPSA) is 62.1 Å². The van der Waals surface area contributed by atoms with Crippen molar-refractivity contribution in [3.63, 3.8) is 0 Å². The number of aryl methyl sites for hydroxylation is 1. The molecule has 3 rings (SSSR count). The lowest BCUT2D eigenvalue weighted by Gasteiger charge is -2.32. The average molecular weight is 293 g/mol. The highest BCUT2D eigenvalue weighted by atomic mass is 16.7. The Kier molecular flexibility index (Phi) is 1.78. The van der Waals surface area contributed by atoms with Crippen molar-refractivity contribution < 1.29 is 18.9 Å². The van der Waals surface area contributed by atoms with Gasteiger partial charge >= 0.3 is 7.12 Å². The molecule has 0 radical (unpaired) electrons. The molecule has 0 aliphatic carbocycles. The van der Waals surface area contributed by atoms with Crippen LogP contribution in [0.2, 0.25) is 0 Å². The maximum Gasteiger partial charge on any atom is 0.516 e. The summed E-state index contributed by atoms with van der Waals surface area (Å²) in [5.74, 6) is -0.320. The summed E-state index contributed by atoms with van der Waals surface area (Å²) >= 11 is 0. The predicted molar refractivity (Wildman–Crippen MR) is 79.6 cm³/mol. The minimum Gasteiger partial charge on any atom is -0.398 e. The second kappa shape index (κ2) is 4.64. The van der Waals surface area contributed by atoms with Crippen molar-refractivity contribution in [3.8, 4) is 5.82 Å². The first kappa shape index (κ1) is 8.05. The summed E-state index contributed by atoms with van der Waals surface area (Å²) in [6.45, 7) is 4.65. The fourth-order valence-corrected chi connectivity index (χ4v) is 1.79. The summed E-state index contributed by atoms with van der Waals surface area (Å²) in [4.78, 5) is 7.41. The Bertz CT molecular complexity index is 929. The minimum atomic E-state index is -2.69. The van der Waals surface area contributed by atoms with Crippen LogP contribution in [0.25, 0.3) is 5.82 Å². The summed E-state index contributed by atoms with van der Waals surface area (Å²) in [7, 11) is -0.998. The predicted octanol–water partition coefficient (Wildman–Crippen LogP) is 1.27. The summed E-state index contributed by atoms with van der Waals surface area (Å²) in [6.07, 6.45) is -1.63. The number of hydrogen-bond donors (Lipinski definition) is 0. The van der Waals surface area contributed by atoms with Crippen LogP contribution < -0.4 is 5.59 Å². The highest BCUT2D eigenvalue weighted by Gasteiger charge is 2.52. The zero-order valence-corrected chi connectivity index (χ0v) is 12.2. The smallest absolute Gasteiger partial charge is 0.398 e. The molecular formula is C14H19BN4O2. The van der Waals surface area contributed by atoms with Crippen molar-refractivity contribution in [2.45, 2.75) is 45.7 Å². The highest BCUT2D eigenvalue weighted by Crippen LogP contribution is 2.36. The first-order chi connectivity index (χ1) is 12.7. The molecule has 1 aliphatic rings. The molecule has 0 N–H and O–H groups in total. The summed E-state index contributed by atoms with van der Waals surface area (Å²) < 4.78 is 66.7. The van der Waals surface area contributed by atoms with Crippen molar-refractivity contribution in [1.29, 1.82) is 0 Å². The van der Waals surface area contributed by atoms with E-state index < -0.39 is 49.4 Å². The van der Waals surface area contributed by atoms with E-state index in [1.165, 1.54) is 0 Å². The fraction of sp³-hybridized carbons (Fsp3) is 0.500. The van der Waals surface area contributed by atoms with Crippen LogP contribution in [-0.4, -0.2) is 38.1 Å². The van der Waals surface area contributed by atoms with E-state index in [1.807, 2.05) is 27.7 Å². The van der Waals surface area contributed by atoms with Crippen molar-refractivity contribution >= 4 is 12.7 Å². The van der Waals surface area contributed by atoms with Gasteiger partial charge in [-0.1, -0.05) is 0 Å². The van der Waals surface area contributed by atoms with E-state index in [2.05, 4.69) is 15.1 Å². The van der Waals surface area contributed by atoms with Gasteiger partial charge in [-0.3, -0.25) is 4.98 Å². The van der Waals surface area contributed by atoms with Crippen molar-refractivity contribution in [3.05, 3.63) is 30.3 Å². The molecule has 21 heavy (non-hydrogen) atoms. The lowest BCUT2D eigenvalue weighted by Crippen LogP contribution is -2.41. The third-order valence-electron chi connectivity index (χ3n) is 3.71. The minimum absolute atomic E-state index is 0.0243. The number of nitrogens with zero attached hydrogens (tertiary/aromatic N) is 4. The Balaban J connectivity index is 2.07. The second-order valence-corrected chi connectivity index (χ2v) is 5.74. The van der Waals surface area contributed by atoms with Gasteiger partial charge in [-0.2, -0.15) is 5.10 Å². The second-order valence-electron chi connectivity index (χ2n) is 5.74. The first-order valence-corrected chi connectivity index (χ1v) is 6.43. The molecule has 3 heterocycles. The molecule has 1 aliphatic heterocycles. The van der Waals surface area contributed by atoms with Crippen molar-refractivity contribution in [2.24, 2.45) is 0 Å². The van der Waals surface area contributed by atoms with E-state index in [4.69, 9.17) is 18.9 Å². The molecule has 0 amide bonds. The third-order valence-corrected chi connectivity index (χ3v) is 3.71. The summed E-state index contributed by atoms with van der Waals surface area (Å²) in [5, 5.41) is 4.13. The molecule has 0 saturated carbocycles. The third kappa shape index (κ3) is 2.47. The Hall–Kier alpha value is -1.73. The van der Waals surface area contributed by atoms with Crippen LogP contribution in [0.1, 0.15) is 43.0 Å². The normalized spacial score (nSPS) is 25.3. The van der Waals surface area contributed by atoms with Gasteiger partial charge in [0, 0.05) is 10.3 Å². The van der Waals surface area contributed by atoms with Crippen molar-refractivity contribution in [2.75, 3.05) is 0 Å². The van der Waals surface area contributed by atoms with Gasteiger partial charge in [0.25, 0.3) is 0 Å². The van der Waals surface area contributed by atoms with Gasteiger partial charge in [-0.25, -0.2) is 9.67 Å². The molecule has 6 nitrogen and oxygen atoms in total. The fourth-order valence-electron chi connectivity index (χ4n) is 1.79. The van der Waals surface area contributed by atoms with Crippen LogP contribution in [0.4, 0.5) is 0 Å². The van der Waals surface area contributed by atoms with E-state index in [0.717, 1.165) is 4.68 Å². The van der Waals surface area contributed by atoms with Crippen LogP contribution in [0.5, 0.6) is 0 Å². The number of hydrogen-bond acceptors (Lipinski definition) is 5. The van der Waals surface area contributed by atoms with Gasteiger partial charge < -0.3 is 9.31 Å². The van der Waals surface area contributed by atoms with E-state index in [0.29, 0.717) is 0 Å². The maximum absolute atomic E-state index is 8.18. The molecule has 0 spiro atoms. The van der Waals surface area contributed by atoms with Gasteiger partial charge in [0.15, 0.2) is 5.82 Å². The molecular weight excluding hydrogens is 267 g/mol. The first-order valence-electron chi connectivity index (χ1n) is 9.93. The zero-order valence-electron chi connectivity index (χ0n) is 19.2. The summed E-state index contributed by atoms with van der Waals surface area (Å²) in [6, 6.07) is -0.286. The monoisotopic (exact) mass is 293 g/mol. The molecule has 2 aromatic heterocycles. The van der Waals surface area contributed by atoms with Crippen LogP contribution in [0.15, 0.2) is 24.6 Å². The van der Waals surface area contributed by atoms with E-state index in [9.17, 15) is 0 Å². The lowest BCUT2D eigenvalue weighted by molar-refractivity contribution is 0.00578. The van der Waals surface area contributed by atoms with E-state index in [-0.39, 0.29) is 17.5 Å². The largest absolute Gasteiger partial charge is 0.516 e. The number of aromatic nitrogens is 4. The Morgan fingerprint density at radius 3 is 2.57 bits per heavy atom. The van der Waals surface area contributed by atoms with Gasteiger partial charge in [-0.15, -0.1) is 0 Å². The Labute approximate surface area is 134 Å². The molecule has 2 aromatic rings. The molecule has 0 aromatic carbocycles. The molecule has 1 fully saturated rings. The molecule has 110 valence electrons. The van der Waals surface area contributed by atoms with Crippen LogP contribution in [-0.2, 0) is 9.31 Å². The van der Waals surface area contributed by atoms with Crippen LogP contribution in [0.3, 0.4) is 0 Å². The lowest BCUT2D eigenvalue weighted by atomic mass is 9.85. The molecule has 7 heteroatoms. The number of rotatable bonds is 2. The van der Waals surface area contributed by atoms with Crippen LogP contribution in [0, 0.1) is 6.85 Å². The maximum atomic E-state index is 8.18. The van der Waals surface area contributed by atoms with Crippen LogP contribution >= 0.6 is 0 Å².